The Labute approximate surface area is 122 Å². The Kier molecular flexibility index (Phi) is 4.24. The van der Waals surface area contributed by atoms with Gasteiger partial charge in [0, 0.05) is 13.6 Å². The van der Waals surface area contributed by atoms with Gasteiger partial charge in [-0.15, -0.1) is 0 Å². The van der Waals surface area contributed by atoms with E-state index >= 15 is 0 Å². The number of morpholine rings is 1. The second kappa shape index (κ2) is 5.76. The summed E-state index contributed by atoms with van der Waals surface area (Å²) >= 11 is 5.10. The number of carbonyl (C=O) groups excluding carboxylic acids is 1. The molecule has 20 heavy (non-hydrogen) atoms. The van der Waals surface area contributed by atoms with Gasteiger partial charge in [-0.25, -0.2) is 4.79 Å². The molecule has 0 radical (unpaired) electrons. The number of ether oxygens (including phenoxy) is 2. The van der Waals surface area contributed by atoms with Crippen LogP contribution in [0, 0.1) is 6.92 Å². The molecule has 1 atom stereocenters. The number of aryl methyl sites for hydroxylation is 2. The lowest BCUT2D eigenvalue weighted by molar-refractivity contribution is -0.144. The van der Waals surface area contributed by atoms with Crippen molar-refractivity contribution in [3.05, 3.63) is 11.3 Å². The van der Waals surface area contributed by atoms with Crippen LogP contribution in [-0.4, -0.2) is 53.6 Å². The quantitative estimate of drug-likeness (QED) is 0.608. The van der Waals surface area contributed by atoms with Gasteiger partial charge >= 0.3 is 5.97 Å². The van der Waals surface area contributed by atoms with E-state index < -0.39 is 6.04 Å². The zero-order valence-electron chi connectivity index (χ0n) is 11.8. The highest BCUT2D eigenvalue weighted by Gasteiger charge is 2.34. The van der Waals surface area contributed by atoms with Crippen molar-refractivity contribution in [1.29, 1.82) is 0 Å². The monoisotopic (exact) mass is 298 g/mol. The summed E-state index contributed by atoms with van der Waals surface area (Å²) in [5, 5.41) is 4.34. The first-order valence-corrected chi connectivity index (χ1v) is 6.63. The molecule has 0 bridgehead atoms. The van der Waals surface area contributed by atoms with E-state index in [9.17, 15) is 4.79 Å². The molecule has 8 heteroatoms. The molecular formula is C12H18N4O3S. The Hall–Kier alpha value is -1.67. The van der Waals surface area contributed by atoms with Gasteiger partial charge in [0.1, 0.15) is 10.8 Å². The van der Waals surface area contributed by atoms with Crippen molar-refractivity contribution in [2.24, 2.45) is 12.8 Å². The van der Waals surface area contributed by atoms with Crippen LogP contribution in [0.25, 0.3) is 0 Å². The Morgan fingerprint density at radius 1 is 1.60 bits per heavy atom. The van der Waals surface area contributed by atoms with Crippen LogP contribution < -0.4 is 10.6 Å². The molecule has 1 aromatic rings. The molecule has 7 nitrogen and oxygen atoms in total. The summed E-state index contributed by atoms with van der Waals surface area (Å²) in [5.41, 5.74) is 7.23. The van der Waals surface area contributed by atoms with Crippen molar-refractivity contribution in [2.75, 3.05) is 31.8 Å². The molecular weight excluding hydrogens is 280 g/mol. The summed E-state index contributed by atoms with van der Waals surface area (Å²) < 4.78 is 11.9. The predicted molar refractivity (Wildman–Crippen MR) is 77.8 cm³/mol. The Bertz CT molecular complexity index is 543. The van der Waals surface area contributed by atoms with Gasteiger partial charge in [0.15, 0.2) is 6.04 Å². The van der Waals surface area contributed by atoms with Gasteiger partial charge in [-0.1, -0.05) is 12.2 Å². The fraction of sp³-hybridized carbons (Fsp3) is 0.583. The number of aromatic nitrogens is 2. The Morgan fingerprint density at radius 2 is 2.30 bits per heavy atom. The van der Waals surface area contributed by atoms with Gasteiger partial charge in [0.25, 0.3) is 0 Å². The molecule has 0 aliphatic carbocycles. The van der Waals surface area contributed by atoms with Crippen LogP contribution in [-0.2, 0) is 21.3 Å². The van der Waals surface area contributed by atoms with E-state index in [0.717, 1.165) is 11.5 Å². The number of methoxy groups -OCH3 is 1. The molecule has 2 N–H and O–H groups in total. The summed E-state index contributed by atoms with van der Waals surface area (Å²) in [7, 11) is 3.16. The zero-order valence-corrected chi connectivity index (χ0v) is 12.6. The lowest BCUT2D eigenvalue weighted by Gasteiger charge is -2.35. The third kappa shape index (κ3) is 2.48. The van der Waals surface area contributed by atoms with E-state index in [0.29, 0.717) is 18.7 Å². The zero-order chi connectivity index (χ0) is 14.9. The van der Waals surface area contributed by atoms with E-state index in [1.54, 1.807) is 11.7 Å². The maximum absolute atomic E-state index is 11.9. The second-order valence-corrected chi connectivity index (χ2v) is 5.02. The minimum absolute atomic E-state index is 0.265. The highest BCUT2D eigenvalue weighted by atomic mass is 32.1. The van der Waals surface area contributed by atoms with E-state index in [2.05, 4.69) is 5.10 Å². The number of hydrogen-bond acceptors (Lipinski definition) is 6. The number of nitrogens with zero attached hydrogens (tertiary/aromatic N) is 3. The van der Waals surface area contributed by atoms with Crippen LogP contribution in [0.5, 0.6) is 0 Å². The minimum atomic E-state index is -0.517. The summed E-state index contributed by atoms with van der Waals surface area (Å²) in [4.78, 5) is 14.1. The molecule has 1 saturated heterocycles. The fourth-order valence-electron chi connectivity index (χ4n) is 2.45. The third-order valence-corrected chi connectivity index (χ3v) is 3.52. The smallest absolute Gasteiger partial charge is 0.330 e. The summed E-state index contributed by atoms with van der Waals surface area (Å²) in [6, 6.07) is -0.517. The Balaban J connectivity index is 2.47. The van der Waals surface area contributed by atoms with Crippen LogP contribution in [0.2, 0.25) is 0 Å². The van der Waals surface area contributed by atoms with Gasteiger partial charge in [-0.05, 0) is 6.92 Å². The van der Waals surface area contributed by atoms with Gasteiger partial charge in [0.2, 0.25) is 0 Å². The number of hydrogen-bond donors (Lipinski definition) is 1. The topological polar surface area (TPSA) is 82.6 Å². The van der Waals surface area contributed by atoms with E-state index in [1.165, 1.54) is 7.11 Å². The maximum atomic E-state index is 11.9. The number of esters is 1. The number of carbonyl (C=O) groups is 1. The number of anilines is 1. The molecule has 2 heterocycles. The van der Waals surface area contributed by atoms with E-state index in [4.69, 9.17) is 27.4 Å². The van der Waals surface area contributed by atoms with Crippen molar-refractivity contribution >= 4 is 29.0 Å². The van der Waals surface area contributed by atoms with Gasteiger partial charge < -0.3 is 20.1 Å². The van der Waals surface area contributed by atoms with Crippen molar-refractivity contribution in [2.45, 2.75) is 13.0 Å². The lowest BCUT2D eigenvalue weighted by Crippen LogP contribution is -2.51. The molecule has 1 aromatic heterocycles. The van der Waals surface area contributed by atoms with Crippen LogP contribution in [0.15, 0.2) is 0 Å². The summed E-state index contributed by atoms with van der Waals surface area (Å²) in [6.45, 7) is 3.18. The molecule has 1 fully saturated rings. The number of rotatable bonds is 3. The average Bonchev–Trinajstić information content (AvgIpc) is 2.72. The van der Waals surface area contributed by atoms with Gasteiger partial charge in [-0.2, -0.15) is 5.10 Å². The molecule has 1 aliphatic rings. The van der Waals surface area contributed by atoms with Gasteiger partial charge in [0.05, 0.1) is 31.6 Å². The van der Waals surface area contributed by atoms with Crippen LogP contribution >= 0.6 is 12.2 Å². The van der Waals surface area contributed by atoms with Crippen molar-refractivity contribution < 1.29 is 14.3 Å². The van der Waals surface area contributed by atoms with Crippen molar-refractivity contribution in [1.82, 2.24) is 9.78 Å². The molecule has 0 aromatic carbocycles. The largest absolute Gasteiger partial charge is 0.467 e. The first kappa shape index (κ1) is 14.7. The summed E-state index contributed by atoms with van der Waals surface area (Å²) in [5.74, 6) is 0.381. The minimum Gasteiger partial charge on any atom is -0.467 e. The average molecular weight is 298 g/mol. The highest BCUT2D eigenvalue weighted by molar-refractivity contribution is 7.80. The predicted octanol–water partition coefficient (Wildman–Crippen LogP) is -0.259. The standard InChI is InChI=1S/C12H18N4O3S/c1-7-9(10(13)20)11(15(2)14-7)16-4-5-19-6-8(16)12(17)18-3/h8H,4-6H2,1-3H3,(H2,13,20). The van der Waals surface area contributed by atoms with E-state index in [-0.39, 0.29) is 17.6 Å². The van der Waals surface area contributed by atoms with E-state index in [1.807, 2.05) is 11.8 Å². The van der Waals surface area contributed by atoms with Crippen LogP contribution in [0.1, 0.15) is 11.3 Å². The molecule has 0 spiro atoms. The Morgan fingerprint density at radius 3 is 2.90 bits per heavy atom. The third-order valence-electron chi connectivity index (χ3n) is 3.31. The normalized spacial score (nSPS) is 18.9. The molecule has 0 saturated carbocycles. The molecule has 2 rings (SSSR count). The van der Waals surface area contributed by atoms with Crippen molar-refractivity contribution in [3.8, 4) is 0 Å². The maximum Gasteiger partial charge on any atom is 0.330 e. The molecule has 1 unspecified atom stereocenters. The SMILES string of the molecule is COC(=O)C1COCCN1c1c(C(N)=S)c(C)nn1C. The summed E-state index contributed by atoms with van der Waals surface area (Å²) in [6.07, 6.45) is 0. The first-order valence-electron chi connectivity index (χ1n) is 6.23. The molecule has 110 valence electrons. The van der Waals surface area contributed by atoms with Gasteiger partial charge in [-0.3, -0.25) is 4.68 Å². The molecule has 1 aliphatic heterocycles. The number of nitrogens with two attached hydrogens (primary N) is 1. The lowest BCUT2D eigenvalue weighted by atomic mass is 10.1. The molecule has 0 amide bonds. The first-order chi connectivity index (χ1) is 9.47. The van der Waals surface area contributed by atoms with Crippen LogP contribution in [0.3, 0.4) is 0 Å². The van der Waals surface area contributed by atoms with Crippen LogP contribution in [0.4, 0.5) is 5.82 Å². The fourth-order valence-corrected chi connectivity index (χ4v) is 2.69. The number of thiocarbonyl (C=S) groups is 1. The second-order valence-electron chi connectivity index (χ2n) is 4.58. The highest BCUT2D eigenvalue weighted by Crippen LogP contribution is 2.26. The van der Waals surface area contributed by atoms with Crippen molar-refractivity contribution in [3.63, 3.8) is 0 Å².